The molecule has 0 unspecified atom stereocenters. The van der Waals surface area contributed by atoms with Crippen molar-refractivity contribution in [1.82, 2.24) is 10.2 Å². The maximum atomic E-state index is 6.05. The van der Waals surface area contributed by atoms with Crippen LogP contribution in [-0.2, 0) is 6.54 Å². The van der Waals surface area contributed by atoms with Crippen LogP contribution in [0.4, 0.5) is 0 Å². The van der Waals surface area contributed by atoms with Gasteiger partial charge in [-0.3, -0.25) is 4.90 Å². The summed E-state index contributed by atoms with van der Waals surface area (Å²) in [6, 6.07) is 5.94. The lowest BCUT2D eigenvalue weighted by atomic mass is 9.93. The van der Waals surface area contributed by atoms with E-state index in [0.717, 1.165) is 19.0 Å². The zero-order valence-electron chi connectivity index (χ0n) is 11.5. The molecule has 106 valence electrons. The Balaban J connectivity index is 1.80. The Kier molecular flexibility index (Phi) is 5.96. The number of piperidine rings is 1. The van der Waals surface area contributed by atoms with Gasteiger partial charge >= 0.3 is 0 Å². The van der Waals surface area contributed by atoms with Gasteiger partial charge in [-0.15, -0.1) is 0 Å². The fraction of sp³-hybridized carbons (Fsp3) is 0.600. The monoisotopic (exact) mass is 300 g/mol. The Morgan fingerprint density at radius 3 is 2.58 bits per heavy atom. The Morgan fingerprint density at radius 2 is 1.95 bits per heavy atom. The normalized spacial score (nSPS) is 17.8. The number of nitrogens with one attached hydrogen (secondary N) is 1. The molecule has 0 saturated carbocycles. The van der Waals surface area contributed by atoms with Crippen molar-refractivity contribution in [1.29, 1.82) is 0 Å². The molecule has 1 aliphatic heterocycles. The Labute approximate surface area is 126 Å². The minimum Gasteiger partial charge on any atom is -0.320 e. The van der Waals surface area contributed by atoms with Crippen molar-refractivity contribution < 1.29 is 0 Å². The number of likely N-dealkylation sites (tertiary alicyclic amines) is 1. The van der Waals surface area contributed by atoms with Gasteiger partial charge in [0.15, 0.2) is 0 Å². The van der Waals surface area contributed by atoms with E-state index in [1.807, 2.05) is 19.2 Å². The minimum absolute atomic E-state index is 0.635. The summed E-state index contributed by atoms with van der Waals surface area (Å²) >= 11 is 12.0. The highest BCUT2D eigenvalue weighted by atomic mass is 35.5. The van der Waals surface area contributed by atoms with Gasteiger partial charge in [0.25, 0.3) is 0 Å². The Bertz CT molecular complexity index is 401. The van der Waals surface area contributed by atoms with Crippen molar-refractivity contribution in [3.63, 3.8) is 0 Å². The first-order chi connectivity index (χ1) is 9.19. The number of nitrogens with zero attached hydrogens (tertiary/aromatic N) is 1. The van der Waals surface area contributed by atoms with Gasteiger partial charge in [0.05, 0.1) is 10.0 Å². The average Bonchev–Trinajstić information content (AvgIpc) is 2.42. The summed E-state index contributed by atoms with van der Waals surface area (Å²) in [4.78, 5) is 2.51. The number of hydrogen-bond acceptors (Lipinski definition) is 2. The Hall–Kier alpha value is -0.280. The molecule has 2 nitrogen and oxygen atoms in total. The van der Waals surface area contributed by atoms with Crippen LogP contribution in [0.25, 0.3) is 0 Å². The average molecular weight is 301 g/mol. The summed E-state index contributed by atoms with van der Waals surface area (Å²) in [5.41, 5.74) is 1.25. The zero-order valence-corrected chi connectivity index (χ0v) is 13.0. The first kappa shape index (κ1) is 15.1. The van der Waals surface area contributed by atoms with Crippen molar-refractivity contribution in [2.75, 3.05) is 26.7 Å². The smallest absolute Gasteiger partial charge is 0.0595 e. The predicted molar refractivity (Wildman–Crippen MR) is 83.0 cm³/mol. The lowest BCUT2D eigenvalue weighted by molar-refractivity contribution is 0.172. The van der Waals surface area contributed by atoms with Crippen LogP contribution in [0.3, 0.4) is 0 Å². The third-order valence-corrected chi connectivity index (χ3v) is 4.64. The van der Waals surface area contributed by atoms with E-state index in [1.54, 1.807) is 0 Å². The molecule has 0 atom stereocenters. The lowest BCUT2D eigenvalue weighted by Gasteiger charge is -2.32. The fourth-order valence-electron chi connectivity index (χ4n) is 2.68. The van der Waals surface area contributed by atoms with Crippen LogP contribution in [-0.4, -0.2) is 31.6 Å². The van der Waals surface area contributed by atoms with E-state index < -0.39 is 0 Å². The second-order valence-corrected chi connectivity index (χ2v) is 6.17. The van der Waals surface area contributed by atoms with E-state index in [4.69, 9.17) is 23.2 Å². The third kappa shape index (κ3) is 4.64. The summed E-state index contributed by atoms with van der Waals surface area (Å²) in [5, 5.41) is 4.53. The molecule has 0 aliphatic carbocycles. The van der Waals surface area contributed by atoms with Gasteiger partial charge in [0.1, 0.15) is 0 Å². The molecule has 0 spiro atoms. The van der Waals surface area contributed by atoms with Crippen molar-refractivity contribution in [2.24, 2.45) is 5.92 Å². The van der Waals surface area contributed by atoms with Gasteiger partial charge in [-0.05, 0) is 69.6 Å². The van der Waals surface area contributed by atoms with Crippen molar-refractivity contribution in [2.45, 2.75) is 25.8 Å². The van der Waals surface area contributed by atoms with Gasteiger partial charge in [-0.25, -0.2) is 0 Å². The van der Waals surface area contributed by atoms with Crippen LogP contribution in [0.15, 0.2) is 18.2 Å². The molecule has 1 aromatic rings. The molecular weight excluding hydrogens is 279 g/mol. The van der Waals surface area contributed by atoms with E-state index in [-0.39, 0.29) is 0 Å². The fourth-order valence-corrected chi connectivity index (χ4v) is 3.00. The van der Waals surface area contributed by atoms with Crippen LogP contribution in [0, 0.1) is 5.92 Å². The van der Waals surface area contributed by atoms with Gasteiger partial charge in [-0.1, -0.05) is 29.3 Å². The predicted octanol–water partition coefficient (Wildman–Crippen LogP) is 3.81. The molecule has 2 rings (SSSR count). The molecular formula is C15H22Cl2N2. The maximum Gasteiger partial charge on any atom is 0.0595 e. The van der Waals surface area contributed by atoms with Crippen molar-refractivity contribution >= 4 is 23.2 Å². The topological polar surface area (TPSA) is 15.3 Å². The third-order valence-electron chi connectivity index (χ3n) is 3.90. The molecule has 1 heterocycles. The largest absolute Gasteiger partial charge is 0.320 e. The molecule has 1 saturated heterocycles. The molecule has 0 radical (unpaired) electrons. The highest BCUT2D eigenvalue weighted by Crippen LogP contribution is 2.25. The van der Waals surface area contributed by atoms with Gasteiger partial charge in [0, 0.05) is 6.54 Å². The molecule has 0 bridgehead atoms. The van der Waals surface area contributed by atoms with Crippen LogP contribution >= 0.6 is 23.2 Å². The quantitative estimate of drug-likeness (QED) is 0.889. The van der Waals surface area contributed by atoms with Crippen molar-refractivity contribution in [3.05, 3.63) is 33.8 Å². The van der Waals surface area contributed by atoms with Gasteiger partial charge in [-0.2, -0.15) is 0 Å². The number of halogens is 2. The number of hydrogen-bond donors (Lipinski definition) is 1. The standard InChI is InChI=1S/C15H22Cl2N2/c1-18-7-4-12-5-8-19(9-6-12)11-13-2-3-14(16)15(17)10-13/h2-3,10,12,18H,4-9,11H2,1H3. The summed E-state index contributed by atoms with van der Waals surface area (Å²) in [5.74, 6) is 0.887. The summed E-state index contributed by atoms with van der Waals surface area (Å²) < 4.78 is 0. The highest BCUT2D eigenvalue weighted by Gasteiger charge is 2.18. The van der Waals surface area contributed by atoms with E-state index in [1.165, 1.54) is 37.9 Å². The summed E-state index contributed by atoms with van der Waals surface area (Å²) in [6.45, 7) is 4.50. The second kappa shape index (κ2) is 7.49. The van der Waals surface area contributed by atoms with E-state index >= 15 is 0 Å². The summed E-state index contributed by atoms with van der Waals surface area (Å²) in [6.07, 6.45) is 3.92. The first-order valence-corrected chi connectivity index (χ1v) is 7.75. The van der Waals surface area contributed by atoms with Crippen LogP contribution in [0.2, 0.25) is 10.0 Å². The summed E-state index contributed by atoms with van der Waals surface area (Å²) in [7, 11) is 2.03. The number of rotatable bonds is 5. The lowest BCUT2D eigenvalue weighted by Crippen LogP contribution is -2.34. The van der Waals surface area contributed by atoms with Crippen LogP contribution < -0.4 is 5.32 Å². The zero-order chi connectivity index (χ0) is 13.7. The molecule has 4 heteroatoms. The van der Waals surface area contributed by atoms with E-state index in [9.17, 15) is 0 Å². The van der Waals surface area contributed by atoms with Gasteiger partial charge in [0.2, 0.25) is 0 Å². The first-order valence-electron chi connectivity index (χ1n) is 7.00. The minimum atomic E-state index is 0.635. The van der Waals surface area contributed by atoms with Crippen LogP contribution in [0.1, 0.15) is 24.8 Å². The molecule has 1 aromatic carbocycles. The SMILES string of the molecule is CNCCC1CCN(Cc2ccc(Cl)c(Cl)c2)CC1. The maximum absolute atomic E-state index is 6.05. The van der Waals surface area contributed by atoms with Crippen molar-refractivity contribution in [3.8, 4) is 0 Å². The molecule has 0 amide bonds. The molecule has 0 aromatic heterocycles. The molecule has 19 heavy (non-hydrogen) atoms. The van der Waals surface area contributed by atoms with Crippen LogP contribution in [0.5, 0.6) is 0 Å². The Morgan fingerprint density at radius 1 is 1.21 bits per heavy atom. The molecule has 1 N–H and O–H groups in total. The molecule has 1 aliphatic rings. The highest BCUT2D eigenvalue weighted by molar-refractivity contribution is 6.42. The van der Waals surface area contributed by atoms with E-state index in [2.05, 4.69) is 16.3 Å². The van der Waals surface area contributed by atoms with Gasteiger partial charge < -0.3 is 5.32 Å². The molecule has 1 fully saturated rings. The number of benzene rings is 1. The second-order valence-electron chi connectivity index (χ2n) is 5.36. The van der Waals surface area contributed by atoms with E-state index in [0.29, 0.717) is 10.0 Å².